The molecule has 1 saturated heterocycles. The van der Waals surface area contributed by atoms with Crippen molar-refractivity contribution in [2.24, 2.45) is 0 Å². The average Bonchev–Trinajstić information content (AvgIpc) is 2.68. The van der Waals surface area contributed by atoms with Crippen LogP contribution in [0, 0.1) is 0 Å². The van der Waals surface area contributed by atoms with E-state index in [9.17, 15) is 13.2 Å². The third-order valence-corrected chi connectivity index (χ3v) is 4.95. The Morgan fingerprint density at radius 2 is 2.15 bits per heavy atom. The summed E-state index contributed by atoms with van der Waals surface area (Å²) in [6.07, 6.45) is 0.771. The second-order valence-electron chi connectivity index (χ2n) is 4.61. The first-order valence-electron chi connectivity index (χ1n) is 6.66. The van der Waals surface area contributed by atoms with E-state index in [1.807, 2.05) is 0 Å². The zero-order valence-electron chi connectivity index (χ0n) is 12.1. The molecule has 0 atom stereocenters. The molecule has 0 spiro atoms. The van der Waals surface area contributed by atoms with Crippen LogP contribution in [0.1, 0.15) is 6.42 Å². The van der Waals surface area contributed by atoms with Crippen LogP contribution < -0.4 is 10.6 Å². The number of hydrogen-bond donors (Lipinski definition) is 2. The highest BCUT2D eigenvalue weighted by Gasteiger charge is 2.28. The number of nitrogens with zero attached hydrogens (tertiary/aromatic N) is 2. The summed E-state index contributed by atoms with van der Waals surface area (Å²) in [5.41, 5.74) is 0. The molecule has 1 aliphatic rings. The van der Waals surface area contributed by atoms with Crippen LogP contribution in [0.2, 0.25) is 0 Å². The van der Waals surface area contributed by atoms with E-state index in [4.69, 9.17) is 4.74 Å². The van der Waals surface area contributed by atoms with Crippen molar-refractivity contribution >= 4 is 16.1 Å². The zero-order chi connectivity index (χ0) is 15.0. The van der Waals surface area contributed by atoms with Crippen LogP contribution in [0.15, 0.2) is 0 Å². The second-order valence-corrected chi connectivity index (χ2v) is 6.64. The number of nitrogens with one attached hydrogen (secondary N) is 2. The van der Waals surface area contributed by atoms with Crippen molar-refractivity contribution in [3.8, 4) is 0 Å². The maximum absolute atomic E-state index is 12.3. The highest BCUT2D eigenvalue weighted by Crippen LogP contribution is 2.08. The lowest BCUT2D eigenvalue weighted by molar-refractivity contribution is -0.121. The number of likely N-dealkylation sites (N-methyl/N-ethyl adjacent to an activating group) is 1. The van der Waals surface area contributed by atoms with E-state index in [2.05, 4.69) is 10.6 Å². The van der Waals surface area contributed by atoms with Gasteiger partial charge in [-0.05, 0) is 13.0 Å². The maximum Gasteiger partial charge on any atom is 0.282 e. The highest BCUT2D eigenvalue weighted by molar-refractivity contribution is 7.86. The van der Waals surface area contributed by atoms with Gasteiger partial charge in [0, 0.05) is 40.3 Å². The third-order valence-electron chi connectivity index (χ3n) is 3.01. The van der Waals surface area contributed by atoms with Crippen LogP contribution >= 0.6 is 0 Å². The Labute approximate surface area is 120 Å². The molecule has 1 aliphatic heterocycles. The van der Waals surface area contributed by atoms with Crippen LogP contribution in [0.5, 0.6) is 0 Å². The van der Waals surface area contributed by atoms with Crippen molar-refractivity contribution in [1.82, 2.24) is 19.2 Å². The molecule has 8 nitrogen and oxygen atoms in total. The topological polar surface area (TPSA) is 91.0 Å². The minimum atomic E-state index is -3.58. The van der Waals surface area contributed by atoms with E-state index in [0.717, 1.165) is 17.3 Å². The summed E-state index contributed by atoms with van der Waals surface area (Å²) in [7, 11) is -0.618. The molecule has 0 unspecified atom stereocenters. The summed E-state index contributed by atoms with van der Waals surface area (Å²) in [5, 5.41) is 5.75. The number of methoxy groups -OCH3 is 1. The molecule has 9 heteroatoms. The van der Waals surface area contributed by atoms with Crippen molar-refractivity contribution < 1.29 is 17.9 Å². The van der Waals surface area contributed by atoms with E-state index in [-0.39, 0.29) is 12.5 Å². The minimum Gasteiger partial charge on any atom is -0.383 e. The number of carbonyl (C=O) groups excluding carboxylic acids is 1. The lowest BCUT2D eigenvalue weighted by atomic mass is 10.4. The Bertz CT molecular complexity index is 393. The predicted octanol–water partition coefficient (Wildman–Crippen LogP) is -1.78. The Morgan fingerprint density at radius 1 is 1.40 bits per heavy atom. The Kier molecular flexibility index (Phi) is 7.38. The molecule has 2 N–H and O–H groups in total. The van der Waals surface area contributed by atoms with Gasteiger partial charge in [-0.2, -0.15) is 17.0 Å². The Hall–Kier alpha value is -0.740. The molecule has 0 aromatic rings. The highest BCUT2D eigenvalue weighted by atomic mass is 32.2. The summed E-state index contributed by atoms with van der Waals surface area (Å²) in [6.45, 7) is 2.94. The van der Waals surface area contributed by atoms with Crippen molar-refractivity contribution in [2.45, 2.75) is 6.42 Å². The second kappa shape index (κ2) is 8.53. The molecule has 118 valence electrons. The number of rotatable bonds is 7. The number of hydrogen-bond acceptors (Lipinski definition) is 5. The molecule has 0 saturated carbocycles. The summed E-state index contributed by atoms with van der Waals surface area (Å²) in [6, 6.07) is 0. The van der Waals surface area contributed by atoms with Crippen LogP contribution in [0.3, 0.4) is 0 Å². The predicted molar refractivity (Wildman–Crippen MR) is 75.5 cm³/mol. The SMILES string of the molecule is COCCNC(=O)CN(C)S(=O)(=O)N1CCCNCC1. The molecule has 1 rings (SSSR count). The maximum atomic E-state index is 12.3. The van der Waals surface area contributed by atoms with Gasteiger partial charge < -0.3 is 15.4 Å². The first kappa shape index (κ1) is 17.3. The van der Waals surface area contributed by atoms with Gasteiger partial charge in [0.2, 0.25) is 5.91 Å². The average molecular weight is 308 g/mol. The lowest BCUT2D eigenvalue weighted by Crippen LogP contribution is -2.47. The smallest absolute Gasteiger partial charge is 0.282 e. The summed E-state index contributed by atoms with van der Waals surface area (Å²) >= 11 is 0. The van der Waals surface area contributed by atoms with Crippen LogP contribution in [0.4, 0.5) is 0 Å². The van der Waals surface area contributed by atoms with Crippen molar-refractivity contribution in [2.75, 3.05) is 60.0 Å². The fraction of sp³-hybridized carbons (Fsp3) is 0.909. The molecular weight excluding hydrogens is 284 g/mol. The summed E-state index contributed by atoms with van der Waals surface area (Å²) < 4.78 is 32.0. The molecule has 0 bridgehead atoms. The number of amides is 1. The quantitative estimate of drug-likeness (QED) is 0.543. The van der Waals surface area contributed by atoms with Gasteiger partial charge >= 0.3 is 0 Å². The molecule has 20 heavy (non-hydrogen) atoms. The third kappa shape index (κ3) is 5.33. The molecule has 1 fully saturated rings. The van der Waals surface area contributed by atoms with Crippen molar-refractivity contribution in [3.05, 3.63) is 0 Å². The summed E-state index contributed by atoms with van der Waals surface area (Å²) in [5.74, 6) is -0.332. The number of carbonyl (C=O) groups is 1. The zero-order valence-corrected chi connectivity index (χ0v) is 12.9. The van der Waals surface area contributed by atoms with Crippen LogP contribution in [-0.4, -0.2) is 83.0 Å². The molecule has 0 aromatic heterocycles. The van der Waals surface area contributed by atoms with Gasteiger partial charge in [-0.1, -0.05) is 0 Å². The monoisotopic (exact) mass is 308 g/mol. The molecule has 0 radical (unpaired) electrons. The van der Waals surface area contributed by atoms with Gasteiger partial charge in [0.15, 0.2) is 0 Å². The van der Waals surface area contributed by atoms with Gasteiger partial charge in [0.25, 0.3) is 10.2 Å². The molecule has 0 aromatic carbocycles. The lowest BCUT2D eigenvalue weighted by Gasteiger charge is -2.25. The fourth-order valence-electron chi connectivity index (χ4n) is 1.88. The standard InChI is InChI=1S/C11H24N4O4S/c1-14(10-11(16)13-6-9-19-2)20(17,18)15-7-3-4-12-5-8-15/h12H,3-10H2,1-2H3,(H,13,16). The van der Waals surface area contributed by atoms with Crippen LogP contribution in [0.25, 0.3) is 0 Å². The van der Waals surface area contributed by atoms with E-state index >= 15 is 0 Å². The fourth-order valence-corrected chi connectivity index (χ4v) is 3.24. The normalized spacial score (nSPS) is 17.9. The van der Waals surface area contributed by atoms with E-state index < -0.39 is 10.2 Å². The van der Waals surface area contributed by atoms with Gasteiger partial charge in [-0.25, -0.2) is 0 Å². The van der Waals surface area contributed by atoms with Gasteiger partial charge in [0.1, 0.15) is 0 Å². The largest absolute Gasteiger partial charge is 0.383 e. The van der Waals surface area contributed by atoms with E-state index in [1.165, 1.54) is 18.5 Å². The van der Waals surface area contributed by atoms with E-state index in [0.29, 0.717) is 32.8 Å². The molecular formula is C11H24N4O4S. The Balaban J connectivity index is 2.50. The van der Waals surface area contributed by atoms with E-state index in [1.54, 1.807) is 0 Å². The van der Waals surface area contributed by atoms with Gasteiger partial charge in [-0.15, -0.1) is 0 Å². The molecule has 0 aliphatic carbocycles. The summed E-state index contributed by atoms with van der Waals surface area (Å²) in [4.78, 5) is 11.6. The Morgan fingerprint density at radius 3 is 2.85 bits per heavy atom. The van der Waals surface area contributed by atoms with Gasteiger partial charge in [-0.3, -0.25) is 4.79 Å². The minimum absolute atomic E-state index is 0.185. The molecule has 1 heterocycles. The number of ether oxygens (including phenoxy) is 1. The first-order valence-corrected chi connectivity index (χ1v) is 8.06. The first-order chi connectivity index (χ1) is 9.48. The van der Waals surface area contributed by atoms with Crippen molar-refractivity contribution in [3.63, 3.8) is 0 Å². The molecule has 1 amide bonds. The van der Waals surface area contributed by atoms with Crippen molar-refractivity contribution in [1.29, 1.82) is 0 Å². The van der Waals surface area contributed by atoms with Gasteiger partial charge in [0.05, 0.1) is 13.2 Å². The van der Waals surface area contributed by atoms with Crippen LogP contribution in [-0.2, 0) is 19.7 Å².